The highest BCUT2D eigenvalue weighted by molar-refractivity contribution is 6.24. The molecule has 0 saturated heterocycles. The number of benzene rings is 8. The smallest absolute Gasteiger partial charge is 0.0215 e. The second-order valence-electron chi connectivity index (χ2n) is 15.9. The standard InChI is InChI=1S/C51H40/c1-50(2)43-24-12-11-23-41(43)49-36-18-5-4-16-33(36)42(31-46(49)50)48-39-21-8-6-19-37(39)47(38-20-7-9-22-40(38)48)32-26-27-35-34-17-10-13-25-44(34)51(45(35)30-32)28-14-3-15-29-51/h4-13,16-27,30-31H,3,14-15,28-29H2,1-2H3. The summed E-state index contributed by atoms with van der Waals surface area (Å²) in [5.74, 6) is 0. The van der Waals surface area contributed by atoms with Crippen LogP contribution in [0.2, 0.25) is 0 Å². The zero-order chi connectivity index (χ0) is 33.9. The average Bonchev–Trinajstić information content (AvgIpc) is 3.58. The Balaban J connectivity index is 1.21. The van der Waals surface area contributed by atoms with E-state index < -0.39 is 0 Å². The van der Waals surface area contributed by atoms with Crippen molar-refractivity contribution >= 4 is 32.3 Å². The zero-order valence-electron chi connectivity index (χ0n) is 29.4. The summed E-state index contributed by atoms with van der Waals surface area (Å²) < 4.78 is 0. The number of rotatable bonds is 2. The molecule has 8 aromatic rings. The first-order valence-electron chi connectivity index (χ1n) is 18.9. The van der Waals surface area contributed by atoms with Crippen molar-refractivity contribution in [1.82, 2.24) is 0 Å². The minimum absolute atomic E-state index is 0.0900. The average molecular weight is 653 g/mol. The molecule has 0 bridgehead atoms. The quantitative estimate of drug-likeness (QED) is 0.163. The molecule has 1 fully saturated rings. The highest BCUT2D eigenvalue weighted by Crippen LogP contribution is 2.58. The zero-order valence-corrected chi connectivity index (χ0v) is 29.4. The molecule has 0 radical (unpaired) electrons. The molecular weight excluding hydrogens is 613 g/mol. The Morgan fingerprint density at radius 2 is 0.863 bits per heavy atom. The Bertz CT molecular complexity index is 2690. The molecule has 244 valence electrons. The van der Waals surface area contributed by atoms with Crippen LogP contribution in [0.25, 0.3) is 76.8 Å². The maximum Gasteiger partial charge on any atom is 0.0215 e. The summed E-state index contributed by atoms with van der Waals surface area (Å²) in [7, 11) is 0. The van der Waals surface area contributed by atoms with Crippen LogP contribution in [0.3, 0.4) is 0 Å². The Labute approximate surface area is 300 Å². The molecule has 11 rings (SSSR count). The number of fused-ring (bicyclic) bond motifs is 12. The lowest BCUT2D eigenvalue weighted by molar-refractivity contribution is 0.353. The second kappa shape index (κ2) is 10.5. The molecule has 0 heteroatoms. The first-order chi connectivity index (χ1) is 25.1. The fourth-order valence-corrected chi connectivity index (χ4v) is 10.8. The molecule has 0 N–H and O–H groups in total. The monoisotopic (exact) mass is 652 g/mol. The van der Waals surface area contributed by atoms with Gasteiger partial charge in [-0.15, -0.1) is 0 Å². The number of hydrogen-bond acceptors (Lipinski definition) is 0. The molecule has 0 amide bonds. The van der Waals surface area contributed by atoms with Crippen molar-refractivity contribution in [3.63, 3.8) is 0 Å². The van der Waals surface area contributed by atoms with Gasteiger partial charge in [0.05, 0.1) is 0 Å². The van der Waals surface area contributed by atoms with Crippen molar-refractivity contribution in [3.05, 3.63) is 168 Å². The third-order valence-corrected chi connectivity index (χ3v) is 13.1. The van der Waals surface area contributed by atoms with Gasteiger partial charge in [0.2, 0.25) is 0 Å². The van der Waals surface area contributed by atoms with Gasteiger partial charge in [0.25, 0.3) is 0 Å². The van der Waals surface area contributed by atoms with E-state index in [-0.39, 0.29) is 10.8 Å². The predicted molar refractivity (Wildman–Crippen MR) is 217 cm³/mol. The van der Waals surface area contributed by atoms with Crippen LogP contribution >= 0.6 is 0 Å². The van der Waals surface area contributed by atoms with Crippen molar-refractivity contribution in [1.29, 1.82) is 0 Å². The third kappa shape index (κ3) is 3.86. The minimum Gasteiger partial charge on any atom is -0.0619 e. The summed E-state index contributed by atoms with van der Waals surface area (Å²) in [5, 5.41) is 7.96. The summed E-state index contributed by atoms with van der Waals surface area (Å²) in [5.41, 5.74) is 17.0. The van der Waals surface area contributed by atoms with E-state index in [1.165, 1.54) is 120 Å². The Morgan fingerprint density at radius 1 is 0.353 bits per heavy atom. The maximum atomic E-state index is 2.60. The van der Waals surface area contributed by atoms with Crippen molar-refractivity contribution in [2.75, 3.05) is 0 Å². The minimum atomic E-state index is -0.0900. The first-order valence-corrected chi connectivity index (χ1v) is 18.9. The van der Waals surface area contributed by atoms with Gasteiger partial charge in [0.15, 0.2) is 0 Å². The van der Waals surface area contributed by atoms with E-state index >= 15 is 0 Å². The van der Waals surface area contributed by atoms with E-state index in [0.717, 1.165) is 0 Å². The summed E-state index contributed by atoms with van der Waals surface area (Å²) in [4.78, 5) is 0. The highest BCUT2D eigenvalue weighted by atomic mass is 14.5. The van der Waals surface area contributed by atoms with Gasteiger partial charge in [-0.3, -0.25) is 0 Å². The maximum absolute atomic E-state index is 2.60. The summed E-state index contributed by atoms with van der Waals surface area (Å²) >= 11 is 0. The molecule has 51 heavy (non-hydrogen) atoms. The largest absolute Gasteiger partial charge is 0.0619 e. The van der Waals surface area contributed by atoms with Gasteiger partial charge in [0.1, 0.15) is 0 Å². The van der Waals surface area contributed by atoms with Crippen LogP contribution in [-0.4, -0.2) is 0 Å². The Morgan fingerprint density at radius 3 is 1.53 bits per heavy atom. The van der Waals surface area contributed by atoms with Crippen LogP contribution in [0.15, 0.2) is 146 Å². The van der Waals surface area contributed by atoms with Crippen LogP contribution in [0.5, 0.6) is 0 Å². The molecule has 0 unspecified atom stereocenters. The lowest BCUT2D eigenvalue weighted by atomic mass is 9.67. The van der Waals surface area contributed by atoms with E-state index in [0.29, 0.717) is 0 Å². The molecule has 3 aliphatic rings. The van der Waals surface area contributed by atoms with Crippen LogP contribution in [0.1, 0.15) is 68.2 Å². The molecule has 0 atom stereocenters. The topological polar surface area (TPSA) is 0 Å². The van der Waals surface area contributed by atoms with E-state index in [4.69, 9.17) is 0 Å². The van der Waals surface area contributed by atoms with Crippen molar-refractivity contribution in [2.24, 2.45) is 0 Å². The van der Waals surface area contributed by atoms with Gasteiger partial charge in [-0.2, -0.15) is 0 Å². The lowest BCUT2D eigenvalue weighted by Gasteiger charge is -2.36. The van der Waals surface area contributed by atoms with Gasteiger partial charge in [0, 0.05) is 10.8 Å². The predicted octanol–water partition coefficient (Wildman–Crippen LogP) is 14.0. The van der Waals surface area contributed by atoms with Gasteiger partial charge < -0.3 is 0 Å². The SMILES string of the molecule is CC1(C)c2ccccc2-c2c1cc(-c1c3ccccc3c(-c3ccc4c(c3)C3(CCCCC3)c3ccccc3-4)c3ccccc13)c1ccccc21. The van der Waals surface area contributed by atoms with Gasteiger partial charge in [-0.25, -0.2) is 0 Å². The van der Waals surface area contributed by atoms with Crippen LogP contribution in [-0.2, 0) is 10.8 Å². The summed E-state index contributed by atoms with van der Waals surface area (Å²) in [6, 6.07) is 55.8. The second-order valence-corrected chi connectivity index (χ2v) is 15.9. The van der Waals surface area contributed by atoms with Gasteiger partial charge >= 0.3 is 0 Å². The summed E-state index contributed by atoms with van der Waals surface area (Å²) in [6.07, 6.45) is 6.43. The van der Waals surface area contributed by atoms with E-state index in [2.05, 4.69) is 159 Å². The highest BCUT2D eigenvalue weighted by Gasteiger charge is 2.44. The van der Waals surface area contributed by atoms with Crippen LogP contribution < -0.4 is 0 Å². The van der Waals surface area contributed by atoms with E-state index in [9.17, 15) is 0 Å². The Kier molecular flexibility index (Phi) is 6.05. The lowest BCUT2D eigenvalue weighted by Crippen LogP contribution is -2.28. The molecule has 0 nitrogen and oxygen atoms in total. The molecule has 1 saturated carbocycles. The van der Waals surface area contributed by atoms with E-state index in [1.54, 1.807) is 11.1 Å². The molecule has 1 spiro atoms. The fourth-order valence-electron chi connectivity index (χ4n) is 10.8. The normalized spacial score (nSPS) is 16.4. The molecule has 3 aliphatic carbocycles. The van der Waals surface area contributed by atoms with Gasteiger partial charge in [-0.1, -0.05) is 167 Å². The van der Waals surface area contributed by atoms with E-state index in [1.807, 2.05) is 0 Å². The van der Waals surface area contributed by atoms with Crippen LogP contribution in [0, 0.1) is 0 Å². The molecule has 0 heterocycles. The molecule has 0 aromatic heterocycles. The Hall–Kier alpha value is -5.46. The van der Waals surface area contributed by atoms with Crippen molar-refractivity contribution in [2.45, 2.75) is 56.8 Å². The summed E-state index contributed by atoms with van der Waals surface area (Å²) in [6.45, 7) is 4.81. The van der Waals surface area contributed by atoms with Crippen molar-refractivity contribution < 1.29 is 0 Å². The third-order valence-electron chi connectivity index (χ3n) is 13.1. The van der Waals surface area contributed by atoms with Gasteiger partial charge in [-0.05, 0) is 124 Å². The molecular formula is C51H40. The van der Waals surface area contributed by atoms with Crippen LogP contribution in [0.4, 0.5) is 0 Å². The number of hydrogen-bond donors (Lipinski definition) is 0. The molecule has 0 aliphatic heterocycles. The first kappa shape index (κ1) is 29.3. The molecule has 8 aromatic carbocycles. The van der Waals surface area contributed by atoms with Crippen molar-refractivity contribution in [3.8, 4) is 44.5 Å². The fraction of sp³-hybridized carbons (Fsp3) is 0.176.